The van der Waals surface area contributed by atoms with E-state index >= 15 is 0 Å². The van der Waals surface area contributed by atoms with Crippen molar-refractivity contribution in [2.45, 2.75) is 110 Å². The number of unbranched alkanes of at least 4 members (excludes halogenated alkanes) is 4. The summed E-state index contributed by atoms with van der Waals surface area (Å²) >= 11 is 0. The third kappa shape index (κ3) is 11.6. The normalized spacial score (nSPS) is 11.9. The average molecular weight is 585 g/mol. The van der Waals surface area contributed by atoms with E-state index in [1.165, 1.54) is 0 Å². The van der Waals surface area contributed by atoms with Crippen LogP contribution in [0.4, 0.5) is 19.0 Å². The number of esters is 1. The molecule has 41 heavy (non-hydrogen) atoms. The van der Waals surface area contributed by atoms with Crippen LogP contribution in [0.25, 0.3) is 0 Å². The summed E-state index contributed by atoms with van der Waals surface area (Å²) in [5.74, 6) is -0.00478. The van der Waals surface area contributed by atoms with Gasteiger partial charge in [0.25, 0.3) is 5.56 Å². The third-order valence-electron chi connectivity index (χ3n) is 6.41. The number of aromatic nitrogens is 3. The second kappa shape index (κ2) is 16.2. The number of anilines is 1. The van der Waals surface area contributed by atoms with Crippen LogP contribution in [0.1, 0.15) is 84.6 Å². The summed E-state index contributed by atoms with van der Waals surface area (Å²) in [4.78, 5) is 38.0. The molecule has 2 rings (SSSR count). The predicted octanol–water partition coefficient (Wildman–Crippen LogP) is 5.48. The molecule has 1 aromatic heterocycles. The molecule has 0 saturated heterocycles. The van der Waals surface area contributed by atoms with Gasteiger partial charge in [0.15, 0.2) is 5.60 Å². The van der Waals surface area contributed by atoms with Gasteiger partial charge >= 0.3 is 17.8 Å². The van der Waals surface area contributed by atoms with E-state index in [-0.39, 0.29) is 31.9 Å². The number of benzene rings is 1. The van der Waals surface area contributed by atoms with Crippen molar-refractivity contribution in [1.29, 1.82) is 0 Å². The fourth-order valence-electron chi connectivity index (χ4n) is 4.22. The highest BCUT2D eigenvalue weighted by molar-refractivity contribution is 5.79. The van der Waals surface area contributed by atoms with Crippen molar-refractivity contribution < 1.29 is 27.4 Å². The van der Waals surface area contributed by atoms with E-state index in [0.29, 0.717) is 31.6 Å². The van der Waals surface area contributed by atoms with E-state index in [1.54, 1.807) is 26.8 Å². The van der Waals surface area contributed by atoms with Gasteiger partial charge in [0.2, 0.25) is 5.82 Å². The SMILES string of the molecule is CCCCCCCn1c(=O)c(NCCCc2cccc(OC(C)(C)C(=O)OCC)c2)nn(CCCC(F)(F)F)c1=O. The Labute approximate surface area is 239 Å². The van der Waals surface area contributed by atoms with Gasteiger partial charge in [-0.25, -0.2) is 14.3 Å². The standard InChI is InChI=1S/C29H43F3N4O5/c1-5-7-8-9-10-19-35-25(37)24(34-36(27(35)39)20-13-17-29(30,31)32)33-18-12-15-22-14-11-16-23(21-22)41-28(3,4)26(38)40-6-2/h11,14,16,21H,5-10,12-13,15,17-20H2,1-4H3,(H,33,34). The number of alkyl halides is 3. The molecular weight excluding hydrogens is 541 g/mol. The number of ether oxygens (including phenoxy) is 2. The molecule has 0 fully saturated rings. The number of halogens is 3. The van der Waals surface area contributed by atoms with E-state index in [4.69, 9.17) is 9.47 Å². The Morgan fingerprint density at radius 1 is 1.00 bits per heavy atom. The Morgan fingerprint density at radius 3 is 2.41 bits per heavy atom. The molecule has 1 heterocycles. The summed E-state index contributed by atoms with van der Waals surface area (Å²) < 4.78 is 50.9. The number of nitrogens with zero attached hydrogens (tertiary/aromatic N) is 3. The van der Waals surface area contributed by atoms with Gasteiger partial charge in [0, 0.05) is 26.1 Å². The van der Waals surface area contributed by atoms with Crippen LogP contribution >= 0.6 is 0 Å². The first kappa shape index (κ1) is 33.9. The van der Waals surface area contributed by atoms with Gasteiger partial charge in [-0.1, -0.05) is 44.7 Å². The van der Waals surface area contributed by atoms with Gasteiger partial charge in [0.1, 0.15) is 5.75 Å². The number of hydrogen-bond donors (Lipinski definition) is 1. The molecular formula is C29H43F3N4O5. The second-order valence-electron chi connectivity index (χ2n) is 10.5. The van der Waals surface area contributed by atoms with Crippen molar-refractivity contribution in [2.75, 3.05) is 18.5 Å². The van der Waals surface area contributed by atoms with Gasteiger partial charge in [-0.15, -0.1) is 5.10 Å². The smallest absolute Gasteiger partial charge is 0.389 e. The molecule has 0 aliphatic heterocycles. The number of aryl methyl sites for hydroxylation is 2. The summed E-state index contributed by atoms with van der Waals surface area (Å²) in [5.41, 5.74) is -1.48. The zero-order valence-corrected chi connectivity index (χ0v) is 24.5. The van der Waals surface area contributed by atoms with Crippen molar-refractivity contribution in [2.24, 2.45) is 0 Å². The van der Waals surface area contributed by atoms with Gasteiger partial charge in [-0.05, 0) is 64.2 Å². The van der Waals surface area contributed by atoms with E-state index in [0.717, 1.165) is 40.5 Å². The summed E-state index contributed by atoms with van der Waals surface area (Å²) in [7, 11) is 0. The fourth-order valence-corrected chi connectivity index (χ4v) is 4.22. The van der Waals surface area contributed by atoms with E-state index in [1.807, 2.05) is 18.2 Å². The van der Waals surface area contributed by atoms with Crippen LogP contribution in [0.2, 0.25) is 0 Å². The number of rotatable bonds is 18. The number of nitrogens with one attached hydrogen (secondary N) is 1. The number of carbonyl (C=O) groups excluding carboxylic acids is 1. The molecule has 0 spiro atoms. The summed E-state index contributed by atoms with van der Waals surface area (Å²) in [6, 6.07) is 7.30. The molecule has 1 N–H and O–H groups in total. The lowest BCUT2D eigenvalue weighted by atomic mass is 10.1. The predicted molar refractivity (Wildman–Crippen MR) is 151 cm³/mol. The lowest BCUT2D eigenvalue weighted by Crippen LogP contribution is -2.43. The van der Waals surface area contributed by atoms with E-state index < -0.39 is 35.4 Å². The molecule has 0 aliphatic carbocycles. The van der Waals surface area contributed by atoms with Crippen LogP contribution in [0.5, 0.6) is 5.75 Å². The highest BCUT2D eigenvalue weighted by atomic mass is 19.4. The molecule has 1 aromatic carbocycles. The lowest BCUT2D eigenvalue weighted by Gasteiger charge is -2.24. The van der Waals surface area contributed by atoms with E-state index in [9.17, 15) is 27.6 Å². The molecule has 0 bridgehead atoms. The summed E-state index contributed by atoms with van der Waals surface area (Å²) in [6.45, 7) is 7.63. The molecule has 0 unspecified atom stereocenters. The van der Waals surface area contributed by atoms with E-state index in [2.05, 4.69) is 17.3 Å². The monoisotopic (exact) mass is 584 g/mol. The van der Waals surface area contributed by atoms with Gasteiger partial charge < -0.3 is 14.8 Å². The Bertz CT molecular complexity index is 1220. The first-order chi connectivity index (χ1) is 19.4. The zero-order chi connectivity index (χ0) is 30.5. The molecule has 9 nitrogen and oxygen atoms in total. The van der Waals surface area contributed by atoms with Crippen molar-refractivity contribution in [1.82, 2.24) is 14.3 Å². The van der Waals surface area contributed by atoms with Crippen LogP contribution < -0.4 is 21.3 Å². The van der Waals surface area contributed by atoms with Crippen molar-refractivity contribution in [3.63, 3.8) is 0 Å². The zero-order valence-electron chi connectivity index (χ0n) is 24.5. The minimum absolute atomic E-state index is 0.0570. The molecule has 0 aliphatic rings. The number of hydrogen-bond acceptors (Lipinski definition) is 7. The Kier molecular flexibility index (Phi) is 13.4. The Balaban J connectivity index is 2.07. The van der Waals surface area contributed by atoms with Gasteiger partial charge in [0.05, 0.1) is 6.61 Å². The lowest BCUT2D eigenvalue weighted by molar-refractivity contribution is -0.158. The van der Waals surface area contributed by atoms with Crippen molar-refractivity contribution in [3.05, 3.63) is 50.7 Å². The minimum atomic E-state index is -4.34. The van der Waals surface area contributed by atoms with Crippen LogP contribution in [-0.4, -0.2) is 45.2 Å². The van der Waals surface area contributed by atoms with Crippen molar-refractivity contribution in [3.8, 4) is 5.75 Å². The second-order valence-corrected chi connectivity index (χ2v) is 10.5. The molecule has 0 atom stereocenters. The molecule has 0 saturated carbocycles. The molecule has 230 valence electrons. The minimum Gasteiger partial charge on any atom is -0.476 e. The average Bonchev–Trinajstić information content (AvgIpc) is 2.89. The Hall–Kier alpha value is -3.31. The maximum atomic E-state index is 13.0. The summed E-state index contributed by atoms with van der Waals surface area (Å²) in [6.07, 6.45) is 0.0665. The number of carbonyl (C=O) groups is 1. The summed E-state index contributed by atoms with van der Waals surface area (Å²) in [5, 5.41) is 7.04. The largest absolute Gasteiger partial charge is 0.476 e. The maximum Gasteiger partial charge on any atom is 0.389 e. The maximum absolute atomic E-state index is 13.0. The quantitative estimate of drug-likeness (QED) is 0.183. The van der Waals surface area contributed by atoms with Crippen LogP contribution in [0.15, 0.2) is 33.9 Å². The first-order valence-electron chi connectivity index (χ1n) is 14.4. The fraction of sp³-hybridized carbons (Fsp3) is 0.655. The first-order valence-corrected chi connectivity index (χ1v) is 14.4. The van der Waals surface area contributed by atoms with Crippen LogP contribution in [-0.2, 0) is 29.0 Å². The highest BCUT2D eigenvalue weighted by Gasteiger charge is 2.31. The topological polar surface area (TPSA) is 104 Å². The van der Waals surface area contributed by atoms with Crippen LogP contribution in [0.3, 0.4) is 0 Å². The van der Waals surface area contributed by atoms with Gasteiger partial charge in [-0.2, -0.15) is 13.2 Å². The highest BCUT2D eigenvalue weighted by Crippen LogP contribution is 2.22. The third-order valence-corrected chi connectivity index (χ3v) is 6.41. The van der Waals surface area contributed by atoms with Crippen molar-refractivity contribution >= 4 is 11.8 Å². The van der Waals surface area contributed by atoms with Crippen LogP contribution in [0, 0.1) is 0 Å². The Morgan fingerprint density at radius 2 is 1.73 bits per heavy atom. The van der Waals surface area contributed by atoms with Gasteiger partial charge in [-0.3, -0.25) is 9.36 Å². The molecule has 2 aromatic rings. The molecule has 0 amide bonds. The molecule has 0 radical (unpaired) electrons. The molecule has 12 heteroatoms.